The van der Waals surface area contributed by atoms with Crippen LogP contribution in [-0.4, -0.2) is 27.0 Å². The van der Waals surface area contributed by atoms with Crippen LogP contribution in [0.3, 0.4) is 0 Å². The molecule has 0 aromatic carbocycles. The maximum absolute atomic E-state index is 12.2. The average Bonchev–Trinajstić information content (AvgIpc) is 2.85. The van der Waals surface area contributed by atoms with Crippen LogP contribution in [-0.2, 0) is 16.6 Å². The molecule has 1 aromatic rings. The molecule has 2 N–H and O–H groups in total. The second-order valence-corrected chi connectivity index (χ2v) is 7.59. The van der Waals surface area contributed by atoms with Crippen molar-refractivity contribution in [3.05, 3.63) is 23.9 Å². The molecule has 1 saturated carbocycles. The fourth-order valence-electron chi connectivity index (χ4n) is 2.63. The van der Waals surface area contributed by atoms with Gasteiger partial charge in [0.1, 0.15) is 0 Å². The smallest absolute Gasteiger partial charge is 0.258 e. The topological polar surface area (TPSA) is 71.1 Å². The van der Waals surface area contributed by atoms with E-state index in [9.17, 15) is 8.42 Å². The minimum atomic E-state index is -3.50. The summed E-state index contributed by atoms with van der Waals surface area (Å²) in [6.45, 7) is 3.32. The van der Waals surface area contributed by atoms with Crippen LogP contribution >= 0.6 is 0 Å². The lowest BCUT2D eigenvalue weighted by Crippen LogP contribution is -2.34. The highest BCUT2D eigenvalue weighted by molar-refractivity contribution is 7.89. The van der Waals surface area contributed by atoms with E-state index in [-0.39, 0.29) is 10.4 Å². The quantitative estimate of drug-likeness (QED) is 0.838. The molecule has 5 nitrogen and oxygen atoms in total. The van der Waals surface area contributed by atoms with Crippen LogP contribution in [0.1, 0.15) is 38.2 Å². The zero-order chi connectivity index (χ0) is 14.6. The van der Waals surface area contributed by atoms with Gasteiger partial charge >= 0.3 is 0 Å². The zero-order valence-electron chi connectivity index (χ0n) is 12.1. The molecule has 2 rings (SSSR count). The molecule has 0 aliphatic heterocycles. The molecule has 20 heavy (non-hydrogen) atoms. The molecule has 0 radical (unpaired) electrons. The highest BCUT2D eigenvalue weighted by Crippen LogP contribution is 2.36. The molecule has 112 valence electrons. The Kier molecular flexibility index (Phi) is 4.78. The summed E-state index contributed by atoms with van der Waals surface area (Å²) < 4.78 is 27.1. The summed E-state index contributed by atoms with van der Waals surface area (Å²) in [5.74, 6) is 0. The largest absolute Gasteiger partial charge is 0.316 e. The van der Waals surface area contributed by atoms with Crippen molar-refractivity contribution in [2.75, 3.05) is 13.6 Å². The Bertz CT molecular complexity index is 534. The van der Waals surface area contributed by atoms with Gasteiger partial charge in [-0.2, -0.15) is 0 Å². The predicted octanol–water partition coefficient (Wildman–Crippen LogP) is 1.66. The molecule has 1 aromatic heterocycles. The lowest BCUT2D eigenvalue weighted by molar-refractivity contribution is 0.336. The number of aromatic nitrogens is 1. The van der Waals surface area contributed by atoms with Crippen LogP contribution < -0.4 is 10.0 Å². The minimum Gasteiger partial charge on any atom is -0.316 e. The van der Waals surface area contributed by atoms with Gasteiger partial charge in [-0.05, 0) is 36.9 Å². The third kappa shape index (κ3) is 3.77. The van der Waals surface area contributed by atoms with Crippen molar-refractivity contribution in [3.63, 3.8) is 0 Å². The average molecular weight is 297 g/mol. The van der Waals surface area contributed by atoms with Gasteiger partial charge in [-0.3, -0.25) is 0 Å². The third-order valence-corrected chi connectivity index (χ3v) is 5.27. The van der Waals surface area contributed by atoms with E-state index in [4.69, 9.17) is 0 Å². The summed E-state index contributed by atoms with van der Waals surface area (Å²) in [5, 5.41) is 3.10. The van der Waals surface area contributed by atoms with Crippen molar-refractivity contribution < 1.29 is 8.42 Å². The SMILES string of the molecule is CNCc1ccc(S(=O)(=O)NCC2(C)CCCC2)nc1. The number of pyridine rings is 1. The summed E-state index contributed by atoms with van der Waals surface area (Å²) in [6.07, 6.45) is 6.15. The van der Waals surface area contributed by atoms with Crippen molar-refractivity contribution in [2.24, 2.45) is 5.41 Å². The van der Waals surface area contributed by atoms with E-state index >= 15 is 0 Å². The first-order chi connectivity index (χ1) is 9.45. The maximum Gasteiger partial charge on any atom is 0.258 e. The molecule has 0 unspecified atom stereocenters. The van der Waals surface area contributed by atoms with E-state index in [1.54, 1.807) is 18.3 Å². The number of nitrogens with one attached hydrogen (secondary N) is 2. The van der Waals surface area contributed by atoms with Crippen LogP contribution in [0, 0.1) is 5.41 Å². The van der Waals surface area contributed by atoms with E-state index in [1.165, 1.54) is 12.8 Å². The van der Waals surface area contributed by atoms with Crippen molar-refractivity contribution in [2.45, 2.75) is 44.2 Å². The number of hydrogen-bond acceptors (Lipinski definition) is 4. The van der Waals surface area contributed by atoms with Gasteiger partial charge in [0.25, 0.3) is 10.0 Å². The molecule has 0 amide bonds. The van der Waals surface area contributed by atoms with E-state index in [1.807, 2.05) is 7.05 Å². The van der Waals surface area contributed by atoms with Crippen molar-refractivity contribution >= 4 is 10.0 Å². The minimum absolute atomic E-state index is 0.0962. The van der Waals surface area contributed by atoms with Crippen LogP contribution in [0.4, 0.5) is 0 Å². The van der Waals surface area contributed by atoms with Gasteiger partial charge in [0, 0.05) is 19.3 Å². The molecule has 1 heterocycles. The van der Waals surface area contributed by atoms with Crippen molar-refractivity contribution in [1.82, 2.24) is 15.0 Å². The molecule has 1 aliphatic carbocycles. The molecule has 1 fully saturated rings. The highest BCUT2D eigenvalue weighted by Gasteiger charge is 2.30. The van der Waals surface area contributed by atoms with E-state index in [2.05, 4.69) is 21.9 Å². The van der Waals surface area contributed by atoms with Crippen molar-refractivity contribution in [1.29, 1.82) is 0 Å². The second kappa shape index (κ2) is 6.20. The monoisotopic (exact) mass is 297 g/mol. The first-order valence-corrected chi connectivity index (χ1v) is 8.53. The van der Waals surface area contributed by atoms with Gasteiger partial charge in [0.2, 0.25) is 0 Å². The summed E-state index contributed by atoms with van der Waals surface area (Å²) in [4.78, 5) is 4.05. The van der Waals surface area contributed by atoms with E-state index in [0.717, 1.165) is 18.4 Å². The molecule has 0 bridgehead atoms. The molecular formula is C14H23N3O2S. The molecule has 6 heteroatoms. The predicted molar refractivity (Wildman–Crippen MR) is 78.8 cm³/mol. The second-order valence-electron chi connectivity index (χ2n) is 5.88. The Balaban J connectivity index is 2.02. The summed E-state index contributed by atoms with van der Waals surface area (Å²) >= 11 is 0. The van der Waals surface area contributed by atoms with Crippen LogP contribution in [0.15, 0.2) is 23.4 Å². The Hall–Kier alpha value is -0.980. The lowest BCUT2D eigenvalue weighted by Gasteiger charge is -2.23. The zero-order valence-corrected chi connectivity index (χ0v) is 13.0. The Labute approximate surface area is 121 Å². The first kappa shape index (κ1) is 15.4. The van der Waals surface area contributed by atoms with Gasteiger partial charge in [0.15, 0.2) is 5.03 Å². The molecule has 0 saturated heterocycles. The van der Waals surface area contributed by atoms with Crippen molar-refractivity contribution in [3.8, 4) is 0 Å². The van der Waals surface area contributed by atoms with Crippen LogP contribution in [0.2, 0.25) is 0 Å². The first-order valence-electron chi connectivity index (χ1n) is 7.04. The standard InChI is InChI=1S/C14H23N3O2S/c1-14(7-3-4-8-14)11-17-20(18,19)13-6-5-12(9-15-2)10-16-13/h5-6,10,15,17H,3-4,7-9,11H2,1-2H3. The normalized spacial score (nSPS) is 18.3. The van der Waals surface area contributed by atoms with E-state index < -0.39 is 10.0 Å². The van der Waals surface area contributed by atoms with Gasteiger partial charge < -0.3 is 5.32 Å². The van der Waals surface area contributed by atoms with E-state index in [0.29, 0.717) is 13.1 Å². The van der Waals surface area contributed by atoms with Crippen LogP contribution in [0.25, 0.3) is 0 Å². The van der Waals surface area contributed by atoms with Gasteiger partial charge in [-0.15, -0.1) is 0 Å². The molecular weight excluding hydrogens is 274 g/mol. The third-order valence-electron chi connectivity index (χ3n) is 3.95. The Morgan fingerprint density at radius 2 is 2.00 bits per heavy atom. The summed E-state index contributed by atoms with van der Waals surface area (Å²) in [7, 11) is -1.66. The Morgan fingerprint density at radius 1 is 1.30 bits per heavy atom. The molecule has 1 aliphatic rings. The van der Waals surface area contributed by atoms with Gasteiger partial charge in [0.05, 0.1) is 0 Å². The fraction of sp³-hybridized carbons (Fsp3) is 0.643. The number of nitrogens with zero attached hydrogens (tertiary/aromatic N) is 1. The number of sulfonamides is 1. The summed E-state index contributed by atoms with van der Waals surface area (Å²) in [6, 6.07) is 3.35. The fourth-order valence-corrected chi connectivity index (χ4v) is 3.75. The number of hydrogen-bond donors (Lipinski definition) is 2. The van der Waals surface area contributed by atoms with Crippen LogP contribution in [0.5, 0.6) is 0 Å². The van der Waals surface area contributed by atoms with Gasteiger partial charge in [-0.1, -0.05) is 25.8 Å². The molecule has 0 spiro atoms. The number of rotatable bonds is 6. The summed E-state index contributed by atoms with van der Waals surface area (Å²) in [5.41, 5.74) is 1.06. The van der Waals surface area contributed by atoms with Gasteiger partial charge in [-0.25, -0.2) is 18.1 Å². The molecule has 0 atom stereocenters. The maximum atomic E-state index is 12.2. The lowest BCUT2D eigenvalue weighted by atomic mass is 9.89. The highest BCUT2D eigenvalue weighted by atomic mass is 32.2. The Morgan fingerprint density at radius 3 is 2.55 bits per heavy atom.